The van der Waals surface area contributed by atoms with Crippen molar-refractivity contribution in [2.45, 2.75) is 43.2 Å². The van der Waals surface area contributed by atoms with Crippen LogP contribution in [0, 0.1) is 0 Å². The van der Waals surface area contributed by atoms with Crippen molar-refractivity contribution in [2.75, 3.05) is 19.6 Å². The molecule has 1 aliphatic rings. The molecule has 3 heterocycles. The number of aromatic nitrogens is 3. The van der Waals surface area contributed by atoms with Crippen molar-refractivity contribution in [3.8, 4) is 5.75 Å². The summed E-state index contributed by atoms with van der Waals surface area (Å²) in [6.45, 7) is 4.76. The fourth-order valence-electron chi connectivity index (χ4n) is 4.42. The first-order chi connectivity index (χ1) is 16.7. The second kappa shape index (κ2) is 10.2. The standard InChI is InChI=1S/C25H31N5O4S/c1-19(2)34-21-10-11-22(26-14-21)24(31)27-16-25(20-8-5-4-6-9-20)12-7-13-30(17-25)35(32,33)23-15-29(3)18-28-23/h4-6,8-11,14-15,18-19H,7,12-13,16-17H2,1-3H3,(H,27,31). The maximum atomic E-state index is 13.3. The number of hydrogen-bond acceptors (Lipinski definition) is 6. The van der Waals surface area contributed by atoms with Crippen LogP contribution in [0.2, 0.25) is 0 Å². The molecule has 1 N–H and O–H groups in total. The van der Waals surface area contributed by atoms with Gasteiger partial charge in [0.15, 0.2) is 5.03 Å². The first-order valence-electron chi connectivity index (χ1n) is 11.6. The highest BCUT2D eigenvalue weighted by Crippen LogP contribution is 2.36. The van der Waals surface area contributed by atoms with Crippen molar-refractivity contribution >= 4 is 15.9 Å². The number of carbonyl (C=O) groups is 1. The molecule has 0 bridgehead atoms. The number of imidazole rings is 1. The van der Waals surface area contributed by atoms with Crippen molar-refractivity contribution < 1.29 is 17.9 Å². The Morgan fingerprint density at radius 1 is 1.17 bits per heavy atom. The lowest BCUT2D eigenvalue weighted by molar-refractivity contribution is 0.0927. The number of pyridine rings is 1. The minimum atomic E-state index is -3.76. The highest BCUT2D eigenvalue weighted by Gasteiger charge is 2.42. The molecule has 1 atom stereocenters. The Bertz CT molecular complexity index is 1260. The van der Waals surface area contributed by atoms with Crippen molar-refractivity contribution in [3.05, 3.63) is 72.4 Å². The van der Waals surface area contributed by atoms with Crippen LogP contribution in [0.4, 0.5) is 0 Å². The third-order valence-corrected chi connectivity index (χ3v) is 7.87. The molecule has 1 amide bonds. The Labute approximate surface area is 206 Å². The van der Waals surface area contributed by atoms with Crippen LogP contribution in [-0.4, -0.2) is 58.9 Å². The average molecular weight is 498 g/mol. The van der Waals surface area contributed by atoms with Crippen LogP contribution in [0.25, 0.3) is 0 Å². The molecule has 1 unspecified atom stereocenters. The minimum Gasteiger partial charge on any atom is -0.489 e. The molecule has 10 heteroatoms. The number of ether oxygens (including phenoxy) is 1. The van der Waals surface area contributed by atoms with Gasteiger partial charge >= 0.3 is 0 Å². The number of amides is 1. The summed E-state index contributed by atoms with van der Waals surface area (Å²) in [6, 6.07) is 13.1. The van der Waals surface area contributed by atoms with E-state index in [1.54, 1.807) is 23.7 Å². The molecule has 0 saturated carbocycles. The zero-order chi connectivity index (χ0) is 25.1. The normalized spacial score (nSPS) is 19.0. The molecule has 35 heavy (non-hydrogen) atoms. The predicted octanol–water partition coefficient (Wildman–Crippen LogP) is 2.75. The van der Waals surface area contributed by atoms with Gasteiger partial charge in [0, 0.05) is 38.3 Å². The largest absolute Gasteiger partial charge is 0.489 e. The van der Waals surface area contributed by atoms with E-state index in [4.69, 9.17) is 4.74 Å². The maximum absolute atomic E-state index is 13.3. The van der Waals surface area contributed by atoms with Crippen LogP contribution >= 0.6 is 0 Å². The summed E-state index contributed by atoms with van der Waals surface area (Å²) in [6.07, 6.45) is 5.93. The van der Waals surface area contributed by atoms with Gasteiger partial charge in [-0.3, -0.25) is 4.79 Å². The Morgan fingerprint density at radius 3 is 2.57 bits per heavy atom. The molecule has 0 radical (unpaired) electrons. The molecule has 1 aliphatic heterocycles. The lowest BCUT2D eigenvalue weighted by Crippen LogP contribution is -2.53. The topological polar surface area (TPSA) is 106 Å². The van der Waals surface area contributed by atoms with E-state index in [1.807, 2.05) is 44.2 Å². The van der Waals surface area contributed by atoms with Gasteiger partial charge in [-0.15, -0.1) is 0 Å². The summed E-state index contributed by atoms with van der Waals surface area (Å²) in [5.41, 5.74) is 0.672. The van der Waals surface area contributed by atoms with E-state index < -0.39 is 15.4 Å². The van der Waals surface area contributed by atoms with Gasteiger partial charge in [-0.1, -0.05) is 30.3 Å². The Kier molecular flexibility index (Phi) is 7.23. The Hall–Kier alpha value is -3.24. The average Bonchev–Trinajstić information content (AvgIpc) is 3.30. The van der Waals surface area contributed by atoms with Crippen LogP contribution in [0.1, 0.15) is 42.7 Å². The fourth-order valence-corrected chi connectivity index (χ4v) is 5.95. The van der Waals surface area contributed by atoms with E-state index in [2.05, 4.69) is 15.3 Å². The van der Waals surface area contributed by atoms with Crippen LogP contribution in [-0.2, 0) is 22.5 Å². The molecule has 186 valence electrons. The molecule has 3 aromatic rings. The van der Waals surface area contributed by atoms with Gasteiger partial charge in [0.2, 0.25) is 0 Å². The molecule has 1 aromatic carbocycles. The van der Waals surface area contributed by atoms with Gasteiger partial charge in [0.25, 0.3) is 15.9 Å². The molecule has 0 spiro atoms. The van der Waals surface area contributed by atoms with Gasteiger partial charge in [0.1, 0.15) is 11.4 Å². The maximum Gasteiger partial charge on any atom is 0.269 e. The second-order valence-corrected chi connectivity index (χ2v) is 11.1. The number of rotatable bonds is 8. The summed E-state index contributed by atoms with van der Waals surface area (Å²) in [7, 11) is -2.03. The number of aryl methyl sites for hydroxylation is 1. The zero-order valence-electron chi connectivity index (χ0n) is 20.2. The van der Waals surface area contributed by atoms with Gasteiger partial charge < -0.3 is 14.6 Å². The second-order valence-electron chi connectivity index (χ2n) is 9.19. The van der Waals surface area contributed by atoms with Crippen molar-refractivity contribution in [1.82, 2.24) is 24.2 Å². The number of sulfonamides is 1. The SMILES string of the molecule is CC(C)Oc1ccc(C(=O)NCC2(c3ccccc3)CCCN(S(=O)(=O)c3cn(C)cn3)C2)nc1. The van der Waals surface area contributed by atoms with E-state index in [-0.39, 0.29) is 35.8 Å². The third kappa shape index (κ3) is 5.54. The number of nitrogens with one attached hydrogen (secondary N) is 1. The van der Waals surface area contributed by atoms with E-state index in [1.165, 1.54) is 23.0 Å². The van der Waals surface area contributed by atoms with Crippen molar-refractivity contribution in [3.63, 3.8) is 0 Å². The minimum absolute atomic E-state index is 0.0128. The molecule has 0 aliphatic carbocycles. The van der Waals surface area contributed by atoms with Crippen LogP contribution in [0.15, 0.2) is 66.2 Å². The molecule has 1 saturated heterocycles. The highest BCUT2D eigenvalue weighted by molar-refractivity contribution is 7.89. The number of carbonyl (C=O) groups excluding carboxylic acids is 1. The lowest BCUT2D eigenvalue weighted by atomic mass is 9.74. The van der Waals surface area contributed by atoms with Crippen LogP contribution < -0.4 is 10.1 Å². The molecule has 4 rings (SSSR count). The first kappa shape index (κ1) is 24.9. The predicted molar refractivity (Wildman–Crippen MR) is 132 cm³/mol. The van der Waals surface area contributed by atoms with Gasteiger partial charge in [0.05, 0.1) is 18.6 Å². The van der Waals surface area contributed by atoms with Gasteiger partial charge in [-0.2, -0.15) is 4.31 Å². The molecule has 1 fully saturated rings. The van der Waals surface area contributed by atoms with Crippen LogP contribution in [0.3, 0.4) is 0 Å². The quantitative estimate of drug-likeness (QED) is 0.513. The molecular formula is C25H31N5O4S. The molecular weight excluding hydrogens is 466 g/mol. The van der Waals surface area contributed by atoms with Crippen LogP contribution in [0.5, 0.6) is 5.75 Å². The zero-order valence-corrected chi connectivity index (χ0v) is 21.0. The van der Waals surface area contributed by atoms with Crippen molar-refractivity contribution in [2.24, 2.45) is 7.05 Å². The third-order valence-electron chi connectivity index (χ3n) is 6.14. The monoisotopic (exact) mass is 497 g/mol. The summed E-state index contributed by atoms with van der Waals surface area (Å²) in [5.74, 6) is 0.279. The highest BCUT2D eigenvalue weighted by atomic mass is 32.2. The smallest absolute Gasteiger partial charge is 0.269 e. The molecule has 2 aromatic heterocycles. The van der Waals surface area contributed by atoms with E-state index >= 15 is 0 Å². The lowest BCUT2D eigenvalue weighted by Gasteiger charge is -2.42. The summed E-state index contributed by atoms with van der Waals surface area (Å²) in [5, 5.41) is 3.03. The number of piperidine rings is 1. The fraction of sp³-hybridized carbons (Fsp3) is 0.400. The van der Waals surface area contributed by atoms with E-state index in [0.717, 1.165) is 12.0 Å². The molecule has 9 nitrogen and oxygen atoms in total. The number of hydrogen-bond donors (Lipinski definition) is 1. The number of benzene rings is 1. The Morgan fingerprint density at radius 2 is 1.94 bits per heavy atom. The summed E-state index contributed by atoms with van der Waals surface area (Å²) < 4.78 is 35.4. The first-order valence-corrected chi connectivity index (χ1v) is 13.1. The van der Waals surface area contributed by atoms with Crippen molar-refractivity contribution in [1.29, 1.82) is 0 Å². The van der Waals surface area contributed by atoms with Gasteiger partial charge in [-0.25, -0.2) is 18.4 Å². The number of nitrogens with zero attached hydrogens (tertiary/aromatic N) is 4. The van der Waals surface area contributed by atoms with E-state index in [0.29, 0.717) is 18.7 Å². The summed E-state index contributed by atoms with van der Waals surface area (Å²) >= 11 is 0. The van der Waals surface area contributed by atoms with E-state index in [9.17, 15) is 13.2 Å². The Balaban J connectivity index is 1.56. The van der Waals surface area contributed by atoms with Gasteiger partial charge in [-0.05, 0) is 44.4 Å². The summed E-state index contributed by atoms with van der Waals surface area (Å²) in [4.78, 5) is 21.2.